The zero-order chi connectivity index (χ0) is 24.5. The Balaban J connectivity index is 1.16. The van der Waals surface area contributed by atoms with E-state index in [9.17, 15) is 14.4 Å². The zero-order valence-electron chi connectivity index (χ0n) is 19.8. The molecule has 180 valence electrons. The van der Waals surface area contributed by atoms with Gasteiger partial charge in [0.25, 0.3) is 5.91 Å². The van der Waals surface area contributed by atoms with Gasteiger partial charge in [0.2, 0.25) is 11.8 Å². The third-order valence-electron chi connectivity index (χ3n) is 6.35. The van der Waals surface area contributed by atoms with Crippen LogP contribution in [0.4, 0.5) is 0 Å². The second kappa shape index (κ2) is 12.0. The number of hydrogen-bond acceptors (Lipinski definition) is 3. The Labute approximate surface area is 206 Å². The molecule has 0 aromatic heterocycles. The number of carbonyl (C=O) groups is 3. The molecular formula is C29H31N3O3. The van der Waals surface area contributed by atoms with Gasteiger partial charge in [-0.05, 0) is 48.1 Å². The van der Waals surface area contributed by atoms with Crippen LogP contribution in [0, 0.1) is 0 Å². The molecule has 0 aliphatic carbocycles. The smallest absolute Gasteiger partial charge is 0.251 e. The van der Waals surface area contributed by atoms with Crippen LogP contribution >= 0.6 is 0 Å². The lowest BCUT2D eigenvalue weighted by atomic mass is 10.0. The number of aryl methyl sites for hydroxylation is 1. The van der Waals surface area contributed by atoms with Crippen LogP contribution in [0.5, 0.6) is 0 Å². The Kier molecular flexibility index (Phi) is 8.28. The van der Waals surface area contributed by atoms with E-state index < -0.39 is 0 Å². The van der Waals surface area contributed by atoms with E-state index in [4.69, 9.17) is 0 Å². The molecule has 1 saturated heterocycles. The third kappa shape index (κ3) is 7.03. The van der Waals surface area contributed by atoms with Gasteiger partial charge in [0.05, 0.1) is 6.54 Å². The third-order valence-corrected chi connectivity index (χ3v) is 6.35. The fourth-order valence-corrected chi connectivity index (χ4v) is 4.29. The van der Waals surface area contributed by atoms with Gasteiger partial charge in [0.1, 0.15) is 0 Å². The van der Waals surface area contributed by atoms with Crippen LogP contribution < -0.4 is 10.6 Å². The lowest BCUT2D eigenvalue weighted by molar-refractivity contribution is -0.131. The molecule has 1 fully saturated rings. The molecule has 0 spiro atoms. The summed E-state index contributed by atoms with van der Waals surface area (Å²) in [6.45, 7) is 1.11. The molecule has 0 radical (unpaired) electrons. The molecule has 0 unspecified atom stereocenters. The second-order valence-electron chi connectivity index (χ2n) is 8.83. The summed E-state index contributed by atoms with van der Waals surface area (Å²) in [5, 5.41) is 5.82. The predicted octanol–water partition coefficient (Wildman–Crippen LogP) is 3.82. The highest BCUT2D eigenvalue weighted by Crippen LogP contribution is 2.19. The molecule has 4 rings (SSSR count). The lowest BCUT2D eigenvalue weighted by Gasteiger charge is -2.32. The normalized spacial score (nSPS) is 13.8. The molecule has 0 saturated carbocycles. The Hall–Kier alpha value is -3.93. The number of rotatable bonds is 8. The lowest BCUT2D eigenvalue weighted by Crippen LogP contribution is -2.49. The van der Waals surface area contributed by atoms with Gasteiger partial charge in [-0.2, -0.15) is 0 Å². The molecule has 3 amide bonds. The van der Waals surface area contributed by atoms with Crippen LogP contribution in [0.2, 0.25) is 0 Å². The quantitative estimate of drug-likeness (QED) is 0.526. The van der Waals surface area contributed by atoms with Crippen molar-refractivity contribution >= 4 is 17.7 Å². The number of benzene rings is 3. The molecule has 0 bridgehead atoms. The molecule has 35 heavy (non-hydrogen) atoms. The minimum Gasteiger partial charge on any atom is -0.353 e. The van der Waals surface area contributed by atoms with Crippen molar-refractivity contribution in [2.24, 2.45) is 0 Å². The summed E-state index contributed by atoms with van der Waals surface area (Å²) in [6, 6.07) is 27.4. The van der Waals surface area contributed by atoms with Crippen LogP contribution in [0.1, 0.15) is 35.2 Å². The number of nitrogens with one attached hydrogen (secondary N) is 2. The minimum absolute atomic E-state index is 0.0344. The maximum atomic E-state index is 12.6. The first kappa shape index (κ1) is 24.2. The van der Waals surface area contributed by atoms with Gasteiger partial charge >= 0.3 is 0 Å². The second-order valence-corrected chi connectivity index (χ2v) is 8.83. The van der Waals surface area contributed by atoms with E-state index >= 15 is 0 Å². The molecule has 1 aliphatic rings. The average molecular weight is 470 g/mol. The first-order valence-electron chi connectivity index (χ1n) is 12.1. The molecule has 1 heterocycles. The van der Waals surface area contributed by atoms with Gasteiger partial charge in [-0.3, -0.25) is 14.4 Å². The number of carbonyl (C=O) groups excluding carboxylic acids is 3. The minimum atomic E-state index is -0.265. The number of amides is 3. The predicted molar refractivity (Wildman–Crippen MR) is 137 cm³/mol. The van der Waals surface area contributed by atoms with Gasteiger partial charge < -0.3 is 15.5 Å². The van der Waals surface area contributed by atoms with Crippen molar-refractivity contribution in [1.29, 1.82) is 0 Å². The maximum Gasteiger partial charge on any atom is 0.251 e. The molecule has 3 aromatic rings. The number of piperidine rings is 1. The van der Waals surface area contributed by atoms with Crippen LogP contribution in [-0.4, -0.2) is 48.3 Å². The average Bonchev–Trinajstić information content (AvgIpc) is 2.92. The van der Waals surface area contributed by atoms with Crippen molar-refractivity contribution in [3.8, 4) is 11.1 Å². The van der Waals surface area contributed by atoms with Gasteiger partial charge in [-0.25, -0.2) is 0 Å². The molecular weight excluding hydrogens is 438 g/mol. The van der Waals surface area contributed by atoms with Crippen molar-refractivity contribution in [2.45, 2.75) is 31.7 Å². The number of nitrogens with zero attached hydrogens (tertiary/aromatic N) is 1. The van der Waals surface area contributed by atoms with Crippen molar-refractivity contribution in [3.63, 3.8) is 0 Å². The Bertz CT molecular complexity index is 1120. The van der Waals surface area contributed by atoms with Crippen LogP contribution in [0.3, 0.4) is 0 Å². The highest BCUT2D eigenvalue weighted by molar-refractivity contribution is 5.96. The molecule has 3 aromatic carbocycles. The highest BCUT2D eigenvalue weighted by atomic mass is 16.2. The standard InChI is InChI=1S/C29H31N3O3/c33-27(16-11-22-7-3-1-4-8-22)31-26-17-19-32(20-18-26)28(34)21-30-29(35)25-14-12-24(13-15-25)23-9-5-2-6-10-23/h1-10,12-15,26H,11,16-21H2,(H,30,35)(H,31,33). The summed E-state index contributed by atoms with van der Waals surface area (Å²) in [4.78, 5) is 39.1. The molecule has 6 heteroatoms. The summed E-state index contributed by atoms with van der Waals surface area (Å²) in [5.41, 5.74) is 3.80. The molecule has 0 atom stereocenters. The maximum absolute atomic E-state index is 12.6. The van der Waals surface area contributed by atoms with Crippen LogP contribution in [0.25, 0.3) is 11.1 Å². The van der Waals surface area contributed by atoms with Gasteiger partial charge in [-0.15, -0.1) is 0 Å². The summed E-state index contributed by atoms with van der Waals surface area (Å²) in [5.74, 6) is -0.323. The van der Waals surface area contributed by atoms with E-state index in [2.05, 4.69) is 10.6 Å². The van der Waals surface area contributed by atoms with Crippen molar-refractivity contribution in [3.05, 3.63) is 96.1 Å². The van der Waals surface area contributed by atoms with Gasteiger partial charge in [0, 0.05) is 31.1 Å². The highest BCUT2D eigenvalue weighted by Gasteiger charge is 2.24. The summed E-state index contributed by atoms with van der Waals surface area (Å²) in [7, 11) is 0. The number of hydrogen-bond donors (Lipinski definition) is 2. The van der Waals surface area contributed by atoms with Crippen LogP contribution in [0.15, 0.2) is 84.9 Å². The molecule has 1 aliphatic heterocycles. The van der Waals surface area contributed by atoms with E-state index in [1.807, 2.05) is 72.8 Å². The van der Waals surface area contributed by atoms with Gasteiger partial charge in [-0.1, -0.05) is 72.8 Å². The Morgan fingerprint density at radius 3 is 2.03 bits per heavy atom. The largest absolute Gasteiger partial charge is 0.353 e. The van der Waals surface area contributed by atoms with E-state index in [0.29, 0.717) is 25.1 Å². The van der Waals surface area contributed by atoms with Crippen molar-refractivity contribution in [2.75, 3.05) is 19.6 Å². The van der Waals surface area contributed by atoms with Crippen molar-refractivity contribution in [1.82, 2.24) is 15.5 Å². The fourth-order valence-electron chi connectivity index (χ4n) is 4.29. The van der Waals surface area contributed by atoms with Crippen molar-refractivity contribution < 1.29 is 14.4 Å². The summed E-state index contributed by atoms with van der Waals surface area (Å²) >= 11 is 0. The fraction of sp³-hybridized carbons (Fsp3) is 0.276. The summed E-state index contributed by atoms with van der Waals surface area (Å²) < 4.78 is 0. The Morgan fingerprint density at radius 1 is 0.771 bits per heavy atom. The molecule has 6 nitrogen and oxygen atoms in total. The van der Waals surface area contributed by atoms with E-state index in [-0.39, 0.29) is 30.3 Å². The first-order valence-corrected chi connectivity index (χ1v) is 12.1. The first-order chi connectivity index (χ1) is 17.1. The number of likely N-dealkylation sites (tertiary alicyclic amines) is 1. The van der Waals surface area contributed by atoms with E-state index in [0.717, 1.165) is 36.0 Å². The topological polar surface area (TPSA) is 78.5 Å². The monoisotopic (exact) mass is 469 g/mol. The van der Waals surface area contributed by atoms with E-state index in [1.165, 1.54) is 0 Å². The zero-order valence-corrected chi connectivity index (χ0v) is 19.8. The van der Waals surface area contributed by atoms with Gasteiger partial charge in [0.15, 0.2) is 0 Å². The molecule has 2 N–H and O–H groups in total. The Morgan fingerprint density at radius 2 is 1.37 bits per heavy atom. The SMILES string of the molecule is O=C(CCc1ccccc1)NC1CCN(C(=O)CNC(=O)c2ccc(-c3ccccc3)cc2)CC1. The van der Waals surface area contributed by atoms with Crippen LogP contribution in [-0.2, 0) is 16.0 Å². The van der Waals surface area contributed by atoms with E-state index in [1.54, 1.807) is 17.0 Å². The summed E-state index contributed by atoms with van der Waals surface area (Å²) in [6.07, 6.45) is 2.62.